The Morgan fingerprint density at radius 2 is 1.96 bits per heavy atom. The lowest BCUT2D eigenvalue weighted by Gasteiger charge is -2.14. The van der Waals surface area contributed by atoms with Gasteiger partial charge >= 0.3 is 0 Å². The molecule has 0 radical (unpaired) electrons. The second-order valence-corrected chi connectivity index (χ2v) is 6.32. The second-order valence-electron chi connectivity index (χ2n) is 6.32. The van der Waals surface area contributed by atoms with Gasteiger partial charge in [0.1, 0.15) is 0 Å². The lowest BCUT2D eigenvalue weighted by Crippen LogP contribution is -2.29. The van der Waals surface area contributed by atoms with Gasteiger partial charge in [0.05, 0.1) is 0 Å². The third kappa shape index (κ3) is 6.28. The first kappa shape index (κ1) is 18.4. The minimum Gasteiger partial charge on any atom is -0.352 e. The van der Waals surface area contributed by atoms with Crippen LogP contribution in [0.25, 0.3) is 0 Å². The van der Waals surface area contributed by atoms with Crippen molar-refractivity contribution in [2.24, 2.45) is 0 Å². The number of hydrogen-bond donors (Lipinski definition) is 2. The minimum atomic E-state index is -0.0534. The molecule has 4 heteroatoms. The van der Waals surface area contributed by atoms with Crippen molar-refractivity contribution in [2.75, 3.05) is 19.6 Å². The van der Waals surface area contributed by atoms with Gasteiger partial charge in [-0.1, -0.05) is 49.3 Å². The van der Waals surface area contributed by atoms with Crippen LogP contribution in [0.2, 0.25) is 0 Å². The van der Waals surface area contributed by atoms with Crippen LogP contribution >= 0.6 is 0 Å². The number of aryl methyl sites for hydroxylation is 1. The van der Waals surface area contributed by atoms with E-state index in [1.807, 2.05) is 24.3 Å². The van der Waals surface area contributed by atoms with E-state index in [1.165, 1.54) is 24.0 Å². The molecular formula is C20H28N2O2. The average molecular weight is 328 g/mol. The summed E-state index contributed by atoms with van der Waals surface area (Å²) in [6.45, 7) is 4.61. The van der Waals surface area contributed by atoms with Crippen molar-refractivity contribution >= 4 is 11.7 Å². The Labute approximate surface area is 144 Å². The minimum absolute atomic E-state index is 0.0354. The molecule has 1 amide bonds. The molecule has 0 bridgehead atoms. The van der Waals surface area contributed by atoms with Crippen LogP contribution in [0.5, 0.6) is 0 Å². The summed E-state index contributed by atoms with van der Waals surface area (Å²) < 4.78 is 0. The molecule has 24 heavy (non-hydrogen) atoms. The summed E-state index contributed by atoms with van der Waals surface area (Å²) in [6.07, 6.45) is 7.00. The monoisotopic (exact) mass is 328 g/mol. The molecular weight excluding hydrogens is 300 g/mol. The predicted molar refractivity (Wildman–Crippen MR) is 97.2 cm³/mol. The van der Waals surface area contributed by atoms with E-state index >= 15 is 0 Å². The molecule has 0 fully saturated rings. The number of Topliss-reactive ketones (excluding diaryl/α,β-unsaturated/α-hetero) is 1. The Bertz CT molecular complexity index is 576. The van der Waals surface area contributed by atoms with Gasteiger partial charge in [0.15, 0.2) is 5.78 Å². The quantitative estimate of drug-likeness (QED) is 0.541. The van der Waals surface area contributed by atoms with Crippen molar-refractivity contribution in [2.45, 2.75) is 45.4 Å². The fraction of sp³-hybridized carbons (Fsp3) is 0.500. The first-order valence-electron chi connectivity index (χ1n) is 8.96. The molecule has 0 atom stereocenters. The number of nitrogens with one attached hydrogen (secondary N) is 2. The zero-order valence-electron chi connectivity index (χ0n) is 14.6. The summed E-state index contributed by atoms with van der Waals surface area (Å²) in [6, 6.07) is 7.80. The number of hydrogen-bond acceptors (Lipinski definition) is 3. The van der Waals surface area contributed by atoms with Gasteiger partial charge in [-0.3, -0.25) is 9.59 Å². The lowest BCUT2D eigenvalue weighted by molar-refractivity contribution is -0.120. The topological polar surface area (TPSA) is 58.2 Å². The van der Waals surface area contributed by atoms with Crippen LogP contribution < -0.4 is 10.6 Å². The maximum absolute atomic E-state index is 12.2. The number of amides is 1. The highest BCUT2D eigenvalue weighted by atomic mass is 16.2. The van der Waals surface area contributed by atoms with E-state index in [1.54, 1.807) is 0 Å². The maximum atomic E-state index is 12.2. The Morgan fingerprint density at radius 3 is 2.62 bits per heavy atom. The number of carbonyl (C=O) groups is 2. The summed E-state index contributed by atoms with van der Waals surface area (Å²) in [7, 11) is 0. The third-order valence-electron chi connectivity index (χ3n) is 4.34. The molecule has 0 aliphatic carbocycles. The van der Waals surface area contributed by atoms with Crippen molar-refractivity contribution in [1.29, 1.82) is 0 Å². The average Bonchev–Trinajstić information content (AvgIpc) is 2.64. The Kier molecular flexibility index (Phi) is 7.69. The highest BCUT2D eigenvalue weighted by molar-refractivity contribution is 5.97. The molecule has 1 aromatic rings. The molecule has 1 heterocycles. The normalized spacial score (nSPS) is 14.1. The highest BCUT2D eigenvalue weighted by Crippen LogP contribution is 2.11. The Balaban J connectivity index is 1.71. The molecule has 1 aliphatic rings. The number of unbranched alkanes of at least 4 members (excludes halogenated alkanes) is 1. The summed E-state index contributed by atoms with van der Waals surface area (Å²) in [5.41, 5.74) is 3.22. The number of ketones is 1. The lowest BCUT2D eigenvalue weighted by atomic mass is 10.0. The maximum Gasteiger partial charge on any atom is 0.220 e. The summed E-state index contributed by atoms with van der Waals surface area (Å²) in [4.78, 5) is 24.1. The van der Waals surface area contributed by atoms with E-state index < -0.39 is 0 Å². The zero-order chi connectivity index (χ0) is 17.2. The molecule has 1 aliphatic heterocycles. The van der Waals surface area contributed by atoms with Crippen molar-refractivity contribution in [3.05, 3.63) is 47.0 Å². The molecule has 0 saturated carbocycles. The van der Waals surface area contributed by atoms with Crippen molar-refractivity contribution in [3.63, 3.8) is 0 Å². The molecule has 2 rings (SSSR count). The highest BCUT2D eigenvalue weighted by Gasteiger charge is 2.10. The van der Waals surface area contributed by atoms with Gasteiger partial charge in [-0.25, -0.2) is 0 Å². The van der Waals surface area contributed by atoms with E-state index in [0.29, 0.717) is 12.1 Å². The number of rotatable bonds is 9. The van der Waals surface area contributed by atoms with Gasteiger partial charge in [0.25, 0.3) is 0 Å². The van der Waals surface area contributed by atoms with Crippen molar-refractivity contribution in [3.8, 4) is 0 Å². The molecule has 0 aromatic heterocycles. The second kappa shape index (κ2) is 10.0. The van der Waals surface area contributed by atoms with Crippen LogP contribution in [0.15, 0.2) is 35.9 Å². The molecule has 4 nitrogen and oxygen atoms in total. The summed E-state index contributed by atoms with van der Waals surface area (Å²) >= 11 is 0. The smallest absolute Gasteiger partial charge is 0.220 e. The molecule has 130 valence electrons. The van der Waals surface area contributed by atoms with Gasteiger partial charge in [0, 0.05) is 31.5 Å². The van der Waals surface area contributed by atoms with Crippen LogP contribution in [0.4, 0.5) is 0 Å². The van der Waals surface area contributed by atoms with Crippen LogP contribution in [0.3, 0.4) is 0 Å². The third-order valence-corrected chi connectivity index (χ3v) is 4.34. The molecule has 0 spiro atoms. The van der Waals surface area contributed by atoms with E-state index in [-0.39, 0.29) is 24.5 Å². The van der Waals surface area contributed by atoms with Gasteiger partial charge in [-0.2, -0.15) is 0 Å². The van der Waals surface area contributed by atoms with E-state index in [0.717, 1.165) is 25.9 Å². The fourth-order valence-electron chi connectivity index (χ4n) is 2.74. The van der Waals surface area contributed by atoms with Gasteiger partial charge in [-0.15, -0.1) is 0 Å². The molecule has 1 aromatic carbocycles. The van der Waals surface area contributed by atoms with Crippen LogP contribution in [0, 0.1) is 0 Å². The van der Waals surface area contributed by atoms with Gasteiger partial charge in [-0.05, 0) is 31.4 Å². The standard InChI is InChI=1S/C20H28N2O2/c1-2-3-4-16-5-7-18(8-6-16)19(23)9-10-20(24)22-15-17-11-13-21-14-12-17/h5-8,11,21H,2-4,9-10,12-15H2,1H3,(H,22,24). The first-order valence-corrected chi connectivity index (χ1v) is 8.96. The van der Waals surface area contributed by atoms with Crippen molar-refractivity contribution < 1.29 is 9.59 Å². The van der Waals surface area contributed by atoms with E-state index in [9.17, 15) is 9.59 Å². The summed E-state index contributed by atoms with van der Waals surface area (Å²) in [5, 5.41) is 6.15. The fourth-order valence-corrected chi connectivity index (χ4v) is 2.74. The van der Waals surface area contributed by atoms with Gasteiger partial charge in [0.2, 0.25) is 5.91 Å². The zero-order valence-corrected chi connectivity index (χ0v) is 14.6. The largest absolute Gasteiger partial charge is 0.352 e. The Hall–Kier alpha value is -1.94. The van der Waals surface area contributed by atoms with Crippen LogP contribution in [-0.2, 0) is 11.2 Å². The summed E-state index contributed by atoms with van der Waals surface area (Å²) in [5.74, 6) is -0.0179. The van der Waals surface area contributed by atoms with Crippen LogP contribution in [-0.4, -0.2) is 31.3 Å². The number of benzene rings is 1. The molecule has 0 saturated heterocycles. The van der Waals surface area contributed by atoms with E-state index in [4.69, 9.17) is 0 Å². The molecule has 2 N–H and O–H groups in total. The van der Waals surface area contributed by atoms with Crippen molar-refractivity contribution in [1.82, 2.24) is 10.6 Å². The first-order chi connectivity index (χ1) is 11.7. The van der Waals surface area contributed by atoms with Crippen LogP contribution in [0.1, 0.15) is 54.9 Å². The van der Waals surface area contributed by atoms with E-state index in [2.05, 4.69) is 23.6 Å². The Morgan fingerprint density at radius 1 is 1.17 bits per heavy atom. The predicted octanol–water partition coefficient (Wildman–Crippen LogP) is 3.03. The SMILES string of the molecule is CCCCc1ccc(C(=O)CCC(=O)NCC2=CCNCC2)cc1. The molecule has 0 unspecified atom stereocenters. The van der Waals surface area contributed by atoms with Gasteiger partial charge < -0.3 is 10.6 Å². The number of carbonyl (C=O) groups excluding carboxylic acids is 2.